The summed E-state index contributed by atoms with van der Waals surface area (Å²) in [5.41, 5.74) is 1.64. The third-order valence-corrected chi connectivity index (χ3v) is 4.71. The van der Waals surface area contributed by atoms with Crippen molar-refractivity contribution in [2.45, 2.75) is 12.5 Å². The van der Waals surface area contributed by atoms with Crippen LogP contribution in [0.1, 0.15) is 15.9 Å². The lowest BCUT2D eigenvalue weighted by Gasteiger charge is -2.34. The van der Waals surface area contributed by atoms with Gasteiger partial charge in [-0.15, -0.1) is 0 Å². The lowest BCUT2D eigenvalue weighted by atomic mass is 10.1. The number of rotatable bonds is 6. The van der Waals surface area contributed by atoms with Gasteiger partial charge in [-0.25, -0.2) is 4.98 Å². The average molecular weight is 354 g/mol. The highest BCUT2D eigenvalue weighted by Gasteiger charge is 2.22. The summed E-state index contributed by atoms with van der Waals surface area (Å²) in [4.78, 5) is 21.7. The quantitative estimate of drug-likeness (QED) is 0.815. The van der Waals surface area contributed by atoms with E-state index in [1.165, 1.54) is 0 Å². The number of piperazine rings is 1. The van der Waals surface area contributed by atoms with Gasteiger partial charge in [-0.2, -0.15) is 0 Å². The van der Waals surface area contributed by atoms with Gasteiger partial charge in [-0.05, 0) is 31.2 Å². The number of pyridine rings is 1. The van der Waals surface area contributed by atoms with E-state index in [9.17, 15) is 9.90 Å². The van der Waals surface area contributed by atoms with Crippen LogP contribution in [0.25, 0.3) is 0 Å². The molecular formula is C20H26N4O2. The van der Waals surface area contributed by atoms with E-state index in [2.05, 4.69) is 27.1 Å². The molecule has 0 saturated carbocycles. The summed E-state index contributed by atoms with van der Waals surface area (Å²) in [5.74, 6) is 0.525. The predicted molar refractivity (Wildman–Crippen MR) is 102 cm³/mol. The number of carbonyl (C=O) groups is 1. The minimum atomic E-state index is -0.328. The number of hydrogen-bond donors (Lipinski definition) is 2. The minimum Gasteiger partial charge on any atom is -0.394 e. The third-order valence-electron chi connectivity index (χ3n) is 4.71. The summed E-state index contributed by atoms with van der Waals surface area (Å²) in [6, 6.07) is 13.1. The second-order valence-electron chi connectivity index (χ2n) is 6.71. The van der Waals surface area contributed by atoms with E-state index in [-0.39, 0.29) is 18.6 Å². The minimum absolute atomic E-state index is 0.106. The molecular weight excluding hydrogens is 328 g/mol. The number of anilines is 1. The molecule has 0 radical (unpaired) electrons. The number of likely N-dealkylation sites (N-methyl/N-ethyl adjacent to an activating group) is 1. The highest BCUT2D eigenvalue weighted by molar-refractivity contribution is 5.99. The van der Waals surface area contributed by atoms with Crippen LogP contribution in [0.15, 0.2) is 48.7 Å². The van der Waals surface area contributed by atoms with Gasteiger partial charge in [0.05, 0.1) is 18.2 Å². The van der Waals surface area contributed by atoms with Crippen LogP contribution >= 0.6 is 0 Å². The monoisotopic (exact) mass is 354 g/mol. The van der Waals surface area contributed by atoms with Crippen molar-refractivity contribution in [2.75, 3.05) is 44.7 Å². The first-order valence-electron chi connectivity index (χ1n) is 9.01. The summed E-state index contributed by atoms with van der Waals surface area (Å²) in [7, 11) is 2.10. The van der Waals surface area contributed by atoms with Gasteiger partial charge in [-0.1, -0.05) is 30.3 Å². The van der Waals surface area contributed by atoms with E-state index >= 15 is 0 Å². The summed E-state index contributed by atoms with van der Waals surface area (Å²) in [6.45, 7) is 3.49. The average Bonchev–Trinajstić information content (AvgIpc) is 2.69. The maximum absolute atomic E-state index is 12.8. The molecule has 1 atom stereocenters. The van der Waals surface area contributed by atoms with Gasteiger partial charge in [-0.3, -0.25) is 4.79 Å². The summed E-state index contributed by atoms with van der Waals surface area (Å²) >= 11 is 0. The molecule has 0 bridgehead atoms. The van der Waals surface area contributed by atoms with Gasteiger partial charge in [0.2, 0.25) is 0 Å². The molecule has 1 saturated heterocycles. The van der Waals surface area contributed by atoms with Crippen molar-refractivity contribution < 1.29 is 9.90 Å². The van der Waals surface area contributed by atoms with E-state index < -0.39 is 0 Å². The van der Waals surface area contributed by atoms with Crippen LogP contribution in [-0.4, -0.2) is 66.8 Å². The van der Waals surface area contributed by atoms with Gasteiger partial charge in [0.25, 0.3) is 5.91 Å². The van der Waals surface area contributed by atoms with E-state index in [4.69, 9.17) is 0 Å². The largest absolute Gasteiger partial charge is 0.394 e. The summed E-state index contributed by atoms with van der Waals surface area (Å²) < 4.78 is 0. The van der Waals surface area contributed by atoms with Crippen LogP contribution in [0.3, 0.4) is 0 Å². The highest BCUT2D eigenvalue weighted by Crippen LogP contribution is 2.19. The van der Waals surface area contributed by atoms with Crippen molar-refractivity contribution in [2.24, 2.45) is 0 Å². The molecule has 1 aromatic carbocycles. The Morgan fingerprint density at radius 2 is 1.88 bits per heavy atom. The van der Waals surface area contributed by atoms with Gasteiger partial charge >= 0.3 is 0 Å². The SMILES string of the molecule is CN1CCN(c2ncccc2C(=O)NC(CO)Cc2ccccc2)CC1. The number of amides is 1. The Morgan fingerprint density at radius 3 is 2.58 bits per heavy atom. The molecule has 1 aromatic heterocycles. The Hall–Kier alpha value is -2.44. The number of nitrogens with zero attached hydrogens (tertiary/aromatic N) is 3. The molecule has 1 amide bonds. The number of carbonyl (C=O) groups excluding carboxylic acids is 1. The second-order valence-corrected chi connectivity index (χ2v) is 6.71. The van der Waals surface area contributed by atoms with E-state index in [0.717, 1.165) is 37.6 Å². The normalized spacial score (nSPS) is 16.3. The lowest BCUT2D eigenvalue weighted by Crippen LogP contribution is -2.46. The first-order chi connectivity index (χ1) is 12.7. The van der Waals surface area contributed by atoms with Crippen LogP contribution in [-0.2, 0) is 6.42 Å². The Balaban J connectivity index is 1.71. The molecule has 138 valence electrons. The molecule has 2 aromatic rings. The van der Waals surface area contributed by atoms with E-state index in [1.54, 1.807) is 18.3 Å². The van der Waals surface area contributed by atoms with Crippen molar-refractivity contribution in [1.82, 2.24) is 15.2 Å². The molecule has 2 heterocycles. The van der Waals surface area contributed by atoms with Crippen molar-refractivity contribution >= 4 is 11.7 Å². The second kappa shape index (κ2) is 8.78. The van der Waals surface area contributed by atoms with Crippen molar-refractivity contribution in [1.29, 1.82) is 0 Å². The topological polar surface area (TPSA) is 68.7 Å². The zero-order chi connectivity index (χ0) is 18.4. The molecule has 2 N–H and O–H groups in total. The van der Waals surface area contributed by atoms with E-state index in [0.29, 0.717) is 12.0 Å². The maximum Gasteiger partial charge on any atom is 0.255 e. The summed E-state index contributed by atoms with van der Waals surface area (Å²) in [6.07, 6.45) is 2.31. The van der Waals surface area contributed by atoms with Crippen LogP contribution in [0, 0.1) is 0 Å². The first-order valence-corrected chi connectivity index (χ1v) is 9.01. The van der Waals surface area contributed by atoms with Crippen LogP contribution in [0.5, 0.6) is 0 Å². The molecule has 26 heavy (non-hydrogen) atoms. The Kier molecular flexibility index (Phi) is 6.20. The molecule has 6 heteroatoms. The van der Waals surface area contributed by atoms with Crippen molar-refractivity contribution in [3.63, 3.8) is 0 Å². The van der Waals surface area contributed by atoms with Crippen LogP contribution in [0.2, 0.25) is 0 Å². The van der Waals surface area contributed by atoms with Crippen LogP contribution in [0.4, 0.5) is 5.82 Å². The maximum atomic E-state index is 12.8. The molecule has 0 aliphatic carbocycles. The number of hydrogen-bond acceptors (Lipinski definition) is 5. The smallest absolute Gasteiger partial charge is 0.255 e. The fourth-order valence-corrected chi connectivity index (χ4v) is 3.17. The molecule has 1 fully saturated rings. The number of benzene rings is 1. The number of aliphatic hydroxyl groups is 1. The molecule has 0 spiro atoms. The standard InChI is InChI=1S/C20H26N4O2/c1-23-10-12-24(13-11-23)19-18(8-5-9-21-19)20(26)22-17(15-25)14-16-6-3-2-4-7-16/h2-9,17,25H,10-15H2,1H3,(H,22,26). The molecule has 3 rings (SSSR count). The van der Waals surface area contributed by atoms with E-state index in [1.807, 2.05) is 30.3 Å². The van der Waals surface area contributed by atoms with Crippen LogP contribution < -0.4 is 10.2 Å². The van der Waals surface area contributed by atoms with Gasteiger partial charge in [0.1, 0.15) is 5.82 Å². The fourth-order valence-electron chi connectivity index (χ4n) is 3.17. The molecule has 6 nitrogen and oxygen atoms in total. The number of nitrogens with one attached hydrogen (secondary N) is 1. The highest BCUT2D eigenvalue weighted by atomic mass is 16.3. The van der Waals surface area contributed by atoms with Gasteiger partial charge in [0, 0.05) is 32.4 Å². The first kappa shape index (κ1) is 18.4. The Labute approximate surface area is 154 Å². The molecule has 1 aliphatic heterocycles. The zero-order valence-corrected chi connectivity index (χ0v) is 15.1. The fraction of sp³-hybridized carbons (Fsp3) is 0.400. The Morgan fingerprint density at radius 1 is 1.15 bits per heavy atom. The van der Waals surface area contributed by atoms with Crippen molar-refractivity contribution in [3.8, 4) is 0 Å². The lowest BCUT2D eigenvalue weighted by molar-refractivity contribution is 0.0916. The summed E-state index contributed by atoms with van der Waals surface area (Å²) in [5, 5.41) is 12.6. The third kappa shape index (κ3) is 4.59. The van der Waals surface area contributed by atoms with Gasteiger partial charge < -0.3 is 20.2 Å². The molecule has 1 aliphatic rings. The zero-order valence-electron chi connectivity index (χ0n) is 15.1. The van der Waals surface area contributed by atoms with Gasteiger partial charge in [0.15, 0.2) is 0 Å². The van der Waals surface area contributed by atoms with Crippen molar-refractivity contribution in [3.05, 3.63) is 59.8 Å². The number of aliphatic hydroxyl groups excluding tert-OH is 1. The molecule has 1 unspecified atom stereocenters. The Bertz CT molecular complexity index is 715. The predicted octanol–water partition coefficient (Wildman–Crippen LogP) is 1.17. The number of aromatic nitrogens is 1.